The number of aldehydes is 1. The van der Waals surface area contributed by atoms with Crippen LogP contribution in [-0.2, 0) is 4.79 Å². The maximum absolute atomic E-state index is 10.8. The smallest absolute Gasteiger partial charge is 0.124 e. The molecule has 0 aromatic heterocycles. The Balaban J connectivity index is 2.06. The molecular formula is C11H9BrO2. The van der Waals surface area contributed by atoms with Gasteiger partial charge < -0.3 is 9.53 Å². The highest BCUT2D eigenvalue weighted by Gasteiger charge is 2.54. The molecule has 0 unspecified atom stereocenters. The Labute approximate surface area is 90.4 Å². The maximum Gasteiger partial charge on any atom is 0.124 e. The summed E-state index contributed by atoms with van der Waals surface area (Å²) in [7, 11) is 0. The molecule has 72 valence electrons. The van der Waals surface area contributed by atoms with Gasteiger partial charge >= 0.3 is 0 Å². The van der Waals surface area contributed by atoms with Gasteiger partial charge in [0.2, 0.25) is 0 Å². The van der Waals surface area contributed by atoms with E-state index in [1.54, 1.807) is 0 Å². The van der Waals surface area contributed by atoms with Crippen LogP contribution < -0.4 is 4.74 Å². The molecule has 1 aliphatic carbocycles. The van der Waals surface area contributed by atoms with Gasteiger partial charge in [0.1, 0.15) is 12.0 Å². The number of hydrogen-bond donors (Lipinski definition) is 0. The SMILES string of the molecule is O=C[C@@H]1[C@H]2COc3ccc(Br)cc3[C@@H]12. The molecule has 0 radical (unpaired) electrons. The summed E-state index contributed by atoms with van der Waals surface area (Å²) in [5.74, 6) is 1.97. The number of rotatable bonds is 1. The first kappa shape index (κ1) is 8.48. The van der Waals surface area contributed by atoms with E-state index in [4.69, 9.17) is 4.74 Å². The molecule has 3 rings (SSSR count). The highest BCUT2D eigenvalue weighted by Crippen LogP contribution is 2.58. The number of benzene rings is 1. The monoisotopic (exact) mass is 252 g/mol. The zero-order valence-electron chi connectivity index (χ0n) is 7.44. The summed E-state index contributed by atoms with van der Waals surface area (Å²) < 4.78 is 6.64. The van der Waals surface area contributed by atoms with Gasteiger partial charge in [-0.2, -0.15) is 0 Å². The average molecular weight is 253 g/mol. The predicted molar refractivity (Wildman–Crippen MR) is 55.4 cm³/mol. The number of hydrogen-bond acceptors (Lipinski definition) is 2. The van der Waals surface area contributed by atoms with Gasteiger partial charge in [-0.3, -0.25) is 0 Å². The van der Waals surface area contributed by atoms with Gasteiger partial charge in [-0.15, -0.1) is 0 Å². The zero-order valence-corrected chi connectivity index (χ0v) is 9.03. The molecule has 0 spiro atoms. The summed E-state index contributed by atoms with van der Waals surface area (Å²) >= 11 is 3.43. The van der Waals surface area contributed by atoms with E-state index in [1.807, 2.05) is 12.1 Å². The van der Waals surface area contributed by atoms with E-state index < -0.39 is 0 Å². The summed E-state index contributed by atoms with van der Waals surface area (Å²) in [5, 5.41) is 0. The number of carbonyl (C=O) groups is 1. The second-order valence-electron chi connectivity index (χ2n) is 3.90. The molecule has 3 heteroatoms. The Kier molecular flexibility index (Phi) is 1.71. The van der Waals surface area contributed by atoms with Crippen LogP contribution in [0.25, 0.3) is 0 Å². The number of ether oxygens (including phenoxy) is 1. The van der Waals surface area contributed by atoms with Crippen molar-refractivity contribution in [2.45, 2.75) is 5.92 Å². The fourth-order valence-electron chi connectivity index (χ4n) is 2.34. The van der Waals surface area contributed by atoms with Gasteiger partial charge in [-0.25, -0.2) is 0 Å². The van der Waals surface area contributed by atoms with Gasteiger partial charge in [0, 0.05) is 22.2 Å². The first-order valence-electron chi connectivity index (χ1n) is 4.69. The van der Waals surface area contributed by atoms with Gasteiger partial charge in [0.25, 0.3) is 0 Å². The molecule has 2 nitrogen and oxygen atoms in total. The van der Waals surface area contributed by atoms with Crippen molar-refractivity contribution in [3.63, 3.8) is 0 Å². The topological polar surface area (TPSA) is 26.3 Å². The molecule has 14 heavy (non-hydrogen) atoms. The molecular weight excluding hydrogens is 244 g/mol. The lowest BCUT2D eigenvalue weighted by Gasteiger charge is -2.15. The van der Waals surface area contributed by atoms with Crippen molar-refractivity contribution in [1.29, 1.82) is 0 Å². The highest BCUT2D eigenvalue weighted by atomic mass is 79.9. The van der Waals surface area contributed by atoms with Crippen LogP contribution in [0.15, 0.2) is 22.7 Å². The van der Waals surface area contributed by atoms with Crippen molar-refractivity contribution in [3.05, 3.63) is 28.2 Å². The first-order chi connectivity index (χ1) is 6.81. The normalized spacial score (nSPS) is 32.5. The Morgan fingerprint density at radius 1 is 1.50 bits per heavy atom. The number of halogens is 1. The lowest BCUT2D eigenvalue weighted by atomic mass is 10.1. The Morgan fingerprint density at radius 2 is 2.36 bits per heavy atom. The molecule has 1 heterocycles. The third kappa shape index (κ3) is 1.05. The van der Waals surface area contributed by atoms with Crippen molar-refractivity contribution in [3.8, 4) is 5.75 Å². The Bertz CT molecular complexity index is 402. The standard InChI is InChI=1S/C11H9BrO2/c12-6-1-2-10-7(3-6)11-8(4-13)9(11)5-14-10/h1-4,8-9,11H,5H2/t8-,9-,11+/m1/s1. The fraction of sp³-hybridized carbons (Fsp3) is 0.364. The largest absolute Gasteiger partial charge is 0.493 e. The van der Waals surface area contributed by atoms with E-state index >= 15 is 0 Å². The molecule has 0 saturated heterocycles. The van der Waals surface area contributed by atoms with E-state index in [1.165, 1.54) is 5.56 Å². The van der Waals surface area contributed by atoms with Crippen molar-refractivity contribution < 1.29 is 9.53 Å². The number of fused-ring (bicyclic) bond motifs is 3. The van der Waals surface area contributed by atoms with Crippen LogP contribution in [-0.4, -0.2) is 12.9 Å². The van der Waals surface area contributed by atoms with Crippen LogP contribution in [0, 0.1) is 11.8 Å². The van der Waals surface area contributed by atoms with Gasteiger partial charge in [-0.05, 0) is 23.8 Å². The summed E-state index contributed by atoms with van der Waals surface area (Å²) in [4.78, 5) is 10.8. The summed E-state index contributed by atoms with van der Waals surface area (Å²) in [6.07, 6.45) is 1.06. The summed E-state index contributed by atoms with van der Waals surface area (Å²) in [6.45, 7) is 0.697. The summed E-state index contributed by atoms with van der Waals surface area (Å²) in [5.41, 5.74) is 1.19. The van der Waals surface area contributed by atoms with Crippen LogP contribution >= 0.6 is 15.9 Å². The quantitative estimate of drug-likeness (QED) is 0.718. The van der Waals surface area contributed by atoms with Gasteiger partial charge in [0.15, 0.2) is 0 Å². The van der Waals surface area contributed by atoms with Crippen LogP contribution in [0.3, 0.4) is 0 Å². The Morgan fingerprint density at radius 3 is 3.14 bits per heavy atom. The zero-order chi connectivity index (χ0) is 9.71. The second kappa shape index (κ2) is 2.83. The molecule has 2 aliphatic rings. The van der Waals surface area contributed by atoms with Crippen molar-refractivity contribution >= 4 is 22.2 Å². The minimum atomic E-state index is 0.186. The highest BCUT2D eigenvalue weighted by molar-refractivity contribution is 9.10. The third-order valence-corrected chi connectivity index (χ3v) is 3.64. The Hall–Kier alpha value is -0.830. The lowest BCUT2D eigenvalue weighted by Crippen LogP contribution is -2.08. The fourth-order valence-corrected chi connectivity index (χ4v) is 2.71. The van der Waals surface area contributed by atoms with E-state index in [0.29, 0.717) is 18.4 Å². The molecule has 3 atom stereocenters. The van der Waals surface area contributed by atoms with Crippen molar-refractivity contribution in [2.75, 3.05) is 6.61 Å². The van der Waals surface area contributed by atoms with Crippen LogP contribution in [0.2, 0.25) is 0 Å². The van der Waals surface area contributed by atoms with Gasteiger partial charge in [-0.1, -0.05) is 15.9 Å². The second-order valence-corrected chi connectivity index (χ2v) is 4.81. The minimum absolute atomic E-state index is 0.186. The van der Waals surface area contributed by atoms with Crippen molar-refractivity contribution in [1.82, 2.24) is 0 Å². The molecule has 1 aliphatic heterocycles. The maximum atomic E-state index is 10.8. The van der Waals surface area contributed by atoms with E-state index in [9.17, 15) is 4.79 Å². The number of carbonyl (C=O) groups excluding carboxylic acids is 1. The first-order valence-corrected chi connectivity index (χ1v) is 5.48. The van der Waals surface area contributed by atoms with Crippen LogP contribution in [0.1, 0.15) is 11.5 Å². The molecule has 1 aromatic carbocycles. The molecule has 0 amide bonds. The van der Waals surface area contributed by atoms with E-state index in [2.05, 4.69) is 22.0 Å². The predicted octanol–water partition coefficient (Wildman–Crippen LogP) is 2.37. The van der Waals surface area contributed by atoms with E-state index in [0.717, 1.165) is 16.5 Å². The minimum Gasteiger partial charge on any atom is -0.493 e. The molecule has 0 N–H and O–H groups in total. The third-order valence-electron chi connectivity index (χ3n) is 3.15. The molecule has 1 aromatic rings. The van der Waals surface area contributed by atoms with Crippen LogP contribution in [0.5, 0.6) is 5.75 Å². The average Bonchev–Trinajstić information content (AvgIpc) is 2.91. The molecule has 0 bridgehead atoms. The van der Waals surface area contributed by atoms with E-state index in [-0.39, 0.29) is 5.92 Å². The molecule has 1 saturated carbocycles. The van der Waals surface area contributed by atoms with Crippen molar-refractivity contribution in [2.24, 2.45) is 11.8 Å². The lowest BCUT2D eigenvalue weighted by molar-refractivity contribution is -0.109. The van der Waals surface area contributed by atoms with Gasteiger partial charge in [0.05, 0.1) is 6.61 Å². The summed E-state index contributed by atoms with van der Waals surface area (Å²) in [6, 6.07) is 6.00. The molecule has 1 fully saturated rings. The van der Waals surface area contributed by atoms with Crippen LogP contribution in [0.4, 0.5) is 0 Å².